The van der Waals surface area contributed by atoms with Gasteiger partial charge in [0.05, 0.1) is 22.3 Å². The SMILES string of the molecule is CC(O)OCCCn1c(=O)c2[nH]c(-c3cccc(OC(F)(F)F)c3)c(Br)c2n(C)c1=O. The smallest absolute Gasteiger partial charge is 0.406 e. The maximum absolute atomic E-state index is 12.9. The molecule has 0 radical (unpaired) electrons. The van der Waals surface area contributed by atoms with Crippen molar-refractivity contribution in [3.8, 4) is 17.0 Å². The zero-order chi connectivity index (χ0) is 22.9. The van der Waals surface area contributed by atoms with Crippen LogP contribution < -0.4 is 16.0 Å². The standard InChI is InChI=1S/C19H19BrF3N3O5/c1-10(27)30-8-4-7-26-17(28)15-16(25(2)18(26)29)13(20)14(24-15)11-5-3-6-12(9-11)31-19(21,22)23/h3,5-6,9-10,24,27H,4,7-8H2,1-2H3. The number of hydrogen-bond acceptors (Lipinski definition) is 5. The molecule has 2 heterocycles. The molecule has 0 spiro atoms. The fourth-order valence-corrected chi connectivity index (χ4v) is 3.95. The van der Waals surface area contributed by atoms with E-state index in [-0.39, 0.29) is 24.2 Å². The molecular weight excluding hydrogens is 487 g/mol. The predicted molar refractivity (Wildman–Crippen MR) is 110 cm³/mol. The Morgan fingerprint density at radius 1 is 1.29 bits per heavy atom. The average Bonchev–Trinajstić information content (AvgIpc) is 3.02. The molecule has 31 heavy (non-hydrogen) atoms. The van der Waals surface area contributed by atoms with Crippen LogP contribution in [-0.4, -0.2) is 38.5 Å². The summed E-state index contributed by atoms with van der Waals surface area (Å²) < 4.78 is 49.3. The summed E-state index contributed by atoms with van der Waals surface area (Å²) in [4.78, 5) is 28.5. The molecule has 0 saturated heterocycles. The highest BCUT2D eigenvalue weighted by molar-refractivity contribution is 9.10. The first-order valence-corrected chi connectivity index (χ1v) is 9.95. The number of H-pyrrole nitrogens is 1. The van der Waals surface area contributed by atoms with Gasteiger partial charge in [0, 0.05) is 19.2 Å². The molecule has 0 aliphatic carbocycles. The van der Waals surface area contributed by atoms with Crippen LogP contribution in [0.2, 0.25) is 0 Å². The minimum Gasteiger partial charge on any atom is -0.406 e. The fraction of sp³-hybridized carbons (Fsp3) is 0.368. The summed E-state index contributed by atoms with van der Waals surface area (Å²) in [6.45, 7) is 1.66. The van der Waals surface area contributed by atoms with E-state index in [0.717, 1.165) is 10.6 Å². The van der Waals surface area contributed by atoms with E-state index in [1.165, 1.54) is 30.7 Å². The molecule has 1 unspecified atom stereocenters. The predicted octanol–water partition coefficient (Wildman–Crippen LogP) is 3.10. The maximum Gasteiger partial charge on any atom is 0.573 e. The van der Waals surface area contributed by atoms with Crippen molar-refractivity contribution < 1.29 is 27.8 Å². The minimum absolute atomic E-state index is 0.0645. The van der Waals surface area contributed by atoms with Crippen molar-refractivity contribution in [2.75, 3.05) is 6.61 Å². The van der Waals surface area contributed by atoms with E-state index in [1.54, 1.807) is 6.07 Å². The number of aryl methyl sites for hydroxylation is 1. The molecule has 2 aromatic heterocycles. The lowest BCUT2D eigenvalue weighted by molar-refractivity contribution is -0.274. The second kappa shape index (κ2) is 8.89. The first-order valence-electron chi connectivity index (χ1n) is 9.16. The summed E-state index contributed by atoms with van der Waals surface area (Å²) >= 11 is 3.35. The topological polar surface area (TPSA) is 98.5 Å². The summed E-state index contributed by atoms with van der Waals surface area (Å²) in [5, 5.41) is 9.13. The van der Waals surface area contributed by atoms with Gasteiger partial charge in [-0.2, -0.15) is 0 Å². The van der Waals surface area contributed by atoms with Gasteiger partial charge in [0.25, 0.3) is 5.56 Å². The number of aromatic nitrogens is 3. The van der Waals surface area contributed by atoms with Gasteiger partial charge in [0.1, 0.15) is 11.3 Å². The number of aliphatic hydroxyl groups excluding tert-OH is 1. The van der Waals surface area contributed by atoms with Crippen LogP contribution >= 0.6 is 15.9 Å². The monoisotopic (exact) mass is 505 g/mol. The highest BCUT2D eigenvalue weighted by Gasteiger charge is 2.31. The van der Waals surface area contributed by atoms with Crippen LogP contribution in [0.15, 0.2) is 38.3 Å². The molecular formula is C19H19BrF3N3O5. The van der Waals surface area contributed by atoms with Crippen molar-refractivity contribution in [3.63, 3.8) is 0 Å². The summed E-state index contributed by atoms with van der Waals surface area (Å²) in [6, 6.07) is 5.26. The van der Waals surface area contributed by atoms with Gasteiger partial charge in [-0.1, -0.05) is 12.1 Å². The van der Waals surface area contributed by atoms with Crippen LogP contribution in [0.1, 0.15) is 13.3 Å². The molecule has 0 aliphatic heterocycles. The number of benzene rings is 1. The lowest BCUT2D eigenvalue weighted by Crippen LogP contribution is -2.39. The second-order valence-electron chi connectivity index (χ2n) is 6.74. The van der Waals surface area contributed by atoms with E-state index in [2.05, 4.69) is 25.7 Å². The highest BCUT2D eigenvalue weighted by Crippen LogP contribution is 2.35. The Bertz CT molecular complexity index is 1210. The number of ether oxygens (including phenoxy) is 2. The van der Waals surface area contributed by atoms with E-state index in [4.69, 9.17) is 9.84 Å². The van der Waals surface area contributed by atoms with Crippen LogP contribution in [0.3, 0.4) is 0 Å². The minimum atomic E-state index is -4.84. The Hall–Kier alpha value is -2.57. The number of fused-ring (bicyclic) bond motifs is 1. The summed E-state index contributed by atoms with van der Waals surface area (Å²) in [7, 11) is 1.48. The molecule has 0 amide bonds. The van der Waals surface area contributed by atoms with E-state index < -0.39 is 29.7 Å². The molecule has 3 aromatic rings. The molecule has 3 rings (SSSR count). The largest absolute Gasteiger partial charge is 0.573 e. The lowest BCUT2D eigenvalue weighted by Gasteiger charge is -2.10. The van der Waals surface area contributed by atoms with Crippen molar-refractivity contribution in [1.29, 1.82) is 0 Å². The fourth-order valence-electron chi connectivity index (χ4n) is 3.16. The van der Waals surface area contributed by atoms with Crippen LogP contribution in [-0.2, 0) is 18.3 Å². The number of nitrogens with one attached hydrogen (secondary N) is 1. The third kappa shape index (κ3) is 5.02. The number of halogens is 4. The Morgan fingerprint density at radius 2 is 2.00 bits per heavy atom. The van der Waals surface area contributed by atoms with Crippen molar-refractivity contribution in [2.24, 2.45) is 7.05 Å². The third-order valence-electron chi connectivity index (χ3n) is 4.47. The number of rotatable bonds is 7. The third-order valence-corrected chi connectivity index (χ3v) is 5.24. The molecule has 0 bridgehead atoms. The van der Waals surface area contributed by atoms with Crippen molar-refractivity contribution in [2.45, 2.75) is 32.5 Å². The maximum atomic E-state index is 12.9. The highest BCUT2D eigenvalue weighted by atomic mass is 79.9. The Kier molecular flexibility index (Phi) is 6.62. The number of nitrogens with zero attached hydrogens (tertiary/aromatic N) is 2. The Labute approximate surface area is 182 Å². The molecule has 0 saturated carbocycles. The second-order valence-corrected chi connectivity index (χ2v) is 7.53. The number of aromatic amines is 1. The number of aliphatic hydroxyl groups is 1. The Balaban J connectivity index is 2.05. The molecule has 2 N–H and O–H groups in total. The van der Waals surface area contributed by atoms with E-state index in [1.807, 2.05) is 0 Å². The van der Waals surface area contributed by atoms with Crippen LogP contribution in [0.25, 0.3) is 22.3 Å². The lowest BCUT2D eigenvalue weighted by atomic mass is 10.1. The van der Waals surface area contributed by atoms with Crippen molar-refractivity contribution in [3.05, 3.63) is 49.6 Å². The van der Waals surface area contributed by atoms with E-state index in [9.17, 15) is 22.8 Å². The van der Waals surface area contributed by atoms with Gasteiger partial charge in [0.2, 0.25) is 0 Å². The molecule has 12 heteroatoms. The first kappa shape index (κ1) is 23.1. The van der Waals surface area contributed by atoms with Crippen molar-refractivity contribution >= 4 is 27.0 Å². The molecule has 1 aromatic carbocycles. The molecule has 8 nitrogen and oxygen atoms in total. The van der Waals surface area contributed by atoms with Crippen LogP contribution in [0.4, 0.5) is 13.2 Å². The normalized spacial score (nSPS) is 13.0. The molecule has 0 fully saturated rings. The van der Waals surface area contributed by atoms with Gasteiger partial charge < -0.3 is 19.6 Å². The van der Waals surface area contributed by atoms with E-state index in [0.29, 0.717) is 22.2 Å². The van der Waals surface area contributed by atoms with Gasteiger partial charge >= 0.3 is 12.1 Å². The van der Waals surface area contributed by atoms with Gasteiger partial charge in [-0.3, -0.25) is 13.9 Å². The van der Waals surface area contributed by atoms with Crippen LogP contribution in [0.5, 0.6) is 5.75 Å². The van der Waals surface area contributed by atoms with Gasteiger partial charge in [-0.15, -0.1) is 13.2 Å². The van der Waals surface area contributed by atoms with Crippen molar-refractivity contribution in [1.82, 2.24) is 14.1 Å². The molecule has 0 aliphatic rings. The molecule has 1 atom stereocenters. The summed E-state index contributed by atoms with van der Waals surface area (Å²) in [5.41, 5.74) is -0.0931. The van der Waals surface area contributed by atoms with Gasteiger partial charge in [-0.25, -0.2) is 4.79 Å². The summed E-state index contributed by atoms with van der Waals surface area (Å²) in [6.07, 6.45) is -5.48. The quantitative estimate of drug-likeness (QED) is 0.379. The summed E-state index contributed by atoms with van der Waals surface area (Å²) in [5.74, 6) is -0.417. The zero-order valence-electron chi connectivity index (χ0n) is 16.5. The molecule has 168 valence electrons. The first-order chi connectivity index (χ1) is 14.5. The van der Waals surface area contributed by atoms with E-state index >= 15 is 0 Å². The Morgan fingerprint density at radius 3 is 2.65 bits per heavy atom. The number of hydrogen-bond donors (Lipinski definition) is 2. The van der Waals surface area contributed by atoms with Gasteiger partial charge in [-0.05, 0) is 41.4 Å². The zero-order valence-corrected chi connectivity index (χ0v) is 18.1. The average molecular weight is 506 g/mol. The van der Waals surface area contributed by atoms with Gasteiger partial charge in [0.15, 0.2) is 6.29 Å². The number of alkyl halides is 3. The van der Waals surface area contributed by atoms with Crippen LogP contribution in [0, 0.1) is 0 Å².